The summed E-state index contributed by atoms with van der Waals surface area (Å²) in [5.41, 5.74) is 0.201. The van der Waals surface area contributed by atoms with Crippen LogP contribution in [-0.2, 0) is 0 Å². The number of nitrogens with two attached hydrogens (primary N) is 1. The fourth-order valence-corrected chi connectivity index (χ4v) is 1.04. The van der Waals surface area contributed by atoms with Crippen LogP contribution in [0.4, 0.5) is 4.39 Å². The third-order valence-electron chi connectivity index (χ3n) is 1.71. The minimum Gasteiger partial charge on any atom is -0.496 e. The normalized spacial score (nSPS) is 8.18. The number of hydrogen-bond donors (Lipinski definition) is 3. The third kappa shape index (κ3) is 5.55. The van der Waals surface area contributed by atoms with Crippen molar-refractivity contribution in [2.45, 2.75) is 20.8 Å². The Hall–Kier alpha value is -1.27. The number of benzene rings is 1. The Labute approximate surface area is 106 Å². The second-order valence-electron chi connectivity index (χ2n) is 2.61. The van der Waals surface area contributed by atoms with Gasteiger partial charge in [0.15, 0.2) is 0 Å². The van der Waals surface area contributed by atoms with Gasteiger partial charge in [0.05, 0.1) is 12.7 Å². The lowest BCUT2D eigenvalue weighted by Crippen LogP contribution is -2.02. The molecule has 0 bridgehead atoms. The number of thiol groups is 1. The standard InChI is InChI=1S/C9H9FO3.C2H6.H3NS/c1-5-3-7(10)6(9(11)12)4-8(5)13-2;2*1-2/h3-4H,1-2H3,(H,11,12);1-2H3;2H,1H2. The molecule has 3 N–H and O–H groups in total. The van der Waals surface area contributed by atoms with Crippen molar-refractivity contribution >= 4 is 18.8 Å². The number of halogens is 1. The predicted octanol–water partition coefficient (Wildman–Crippen LogP) is 2.66. The number of carboxylic acid groups (broad SMARTS) is 1. The first-order valence-corrected chi connectivity index (χ1v) is 5.41. The number of ether oxygens (including phenoxy) is 1. The maximum atomic E-state index is 13.0. The fourth-order valence-electron chi connectivity index (χ4n) is 1.04. The van der Waals surface area contributed by atoms with Crippen LogP contribution in [0.3, 0.4) is 0 Å². The monoisotopic (exact) mass is 263 g/mol. The first-order chi connectivity index (χ1) is 8.06. The molecule has 0 unspecified atom stereocenters. The number of carboxylic acids is 1. The van der Waals surface area contributed by atoms with Crippen molar-refractivity contribution in [1.29, 1.82) is 0 Å². The smallest absolute Gasteiger partial charge is 0.338 e. The van der Waals surface area contributed by atoms with E-state index in [1.54, 1.807) is 6.92 Å². The molecule has 0 heterocycles. The lowest BCUT2D eigenvalue weighted by molar-refractivity contribution is 0.0691. The van der Waals surface area contributed by atoms with Gasteiger partial charge in [0.1, 0.15) is 11.6 Å². The van der Waals surface area contributed by atoms with Crippen molar-refractivity contribution < 1.29 is 19.0 Å². The van der Waals surface area contributed by atoms with Crippen molar-refractivity contribution in [1.82, 2.24) is 0 Å². The number of methoxy groups -OCH3 is 1. The Bertz CT molecular complexity index is 359. The molecule has 0 aliphatic rings. The minimum atomic E-state index is -1.30. The summed E-state index contributed by atoms with van der Waals surface area (Å²) in [7, 11) is 1.41. The molecule has 1 aromatic rings. The average Bonchev–Trinajstić information content (AvgIpc) is 2.34. The lowest BCUT2D eigenvalue weighted by Gasteiger charge is -2.05. The molecule has 0 amide bonds. The summed E-state index contributed by atoms with van der Waals surface area (Å²) >= 11 is 3.03. The van der Waals surface area contributed by atoms with Crippen molar-refractivity contribution in [3.8, 4) is 5.75 Å². The van der Waals surface area contributed by atoms with E-state index in [-0.39, 0.29) is 5.56 Å². The van der Waals surface area contributed by atoms with Gasteiger partial charge in [0.2, 0.25) is 0 Å². The van der Waals surface area contributed by atoms with Crippen molar-refractivity contribution in [2.24, 2.45) is 5.14 Å². The number of carbonyl (C=O) groups is 1. The van der Waals surface area contributed by atoms with Crippen LogP contribution in [0.25, 0.3) is 0 Å². The quantitative estimate of drug-likeness (QED) is 0.717. The summed E-state index contributed by atoms with van der Waals surface area (Å²) in [5, 5.41) is 12.8. The van der Waals surface area contributed by atoms with E-state index in [9.17, 15) is 9.18 Å². The summed E-state index contributed by atoms with van der Waals surface area (Å²) < 4.78 is 17.8. The molecule has 17 heavy (non-hydrogen) atoms. The maximum Gasteiger partial charge on any atom is 0.338 e. The van der Waals surface area contributed by atoms with E-state index in [0.717, 1.165) is 6.07 Å². The number of aromatic carboxylic acids is 1. The van der Waals surface area contributed by atoms with Gasteiger partial charge in [-0.2, -0.15) is 0 Å². The van der Waals surface area contributed by atoms with Crippen LogP contribution in [0.2, 0.25) is 0 Å². The van der Waals surface area contributed by atoms with Gasteiger partial charge in [-0.1, -0.05) is 13.8 Å². The average molecular weight is 263 g/mol. The van der Waals surface area contributed by atoms with Crippen LogP contribution in [0.5, 0.6) is 5.75 Å². The molecular formula is C11H18FNO3S. The molecule has 0 aliphatic heterocycles. The highest BCUT2D eigenvalue weighted by Gasteiger charge is 2.13. The molecule has 0 atom stereocenters. The van der Waals surface area contributed by atoms with Crippen molar-refractivity contribution in [3.05, 3.63) is 29.1 Å². The fraction of sp³-hybridized carbons (Fsp3) is 0.364. The summed E-state index contributed by atoms with van der Waals surface area (Å²) in [4.78, 5) is 10.5. The largest absolute Gasteiger partial charge is 0.496 e. The van der Waals surface area contributed by atoms with Gasteiger partial charge in [-0.25, -0.2) is 9.18 Å². The summed E-state index contributed by atoms with van der Waals surface area (Å²) in [6.45, 7) is 5.65. The Morgan fingerprint density at radius 3 is 2.24 bits per heavy atom. The van der Waals surface area contributed by atoms with Crippen molar-refractivity contribution in [3.63, 3.8) is 0 Å². The molecule has 0 aromatic heterocycles. The third-order valence-corrected chi connectivity index (χ3v) is 1.71. The second kappa shape index (κ2) is 9.92. The highest BCUT2D eigenvalue weighted by molar-refractivity contribution is 7.77. The van der Waals surface area contributed by atoms with E-state index >= 15 is 0 Å². The highest BCUT2D eigenvalue weighted by atomic mass is 32.1. The summed E-state index contributed by atoms with van der Waals surface area (Å²) in [6.07, 6.45) is 0. The summed E-state index contributed by atoms with van der Waals surface area (Å²) in [6, 6.07) is 2.31. The molecule has 98 valence electrons. The molecule has 1 aromatic carbocycles. The van der Waals surface area contributed by atoms with Crippen LogP contribution < -0.4 is 9.88 Å². The molecule has 0 aliphatic carbocycles. The van der Waals surface area contributed by atoms with E-state index in [2.05, 4.69) is 18.0 Å². The predicted molar refractivity (Wildman–Crippen MR) is 69.2 cm³/mol. The molecule has 6 heteroatoms. The van der Waals surface area contributed by atoms with Gasteiger partial charge in [-0.15, -0.1) is 12.8 Å². The summed E-state index contributed by atoms with van der Waals surface area (Å²) in [5.74, 6) is -1.67. The SMILES string of the molecule is CC.COc1cc(C(=O)O)c(F)cc1C.NS. The van der Waals surface area contributed by atoms with Crippen molar-refractivity contribution in [2.75, 3.05) is 7.11 Å². The Kier molecular flexibility index (Phi) is 10.6. The Morgan fingerprint density at radius 2 is 1.88 bits per heavy atom. The topological polar surface area (TPSA) is 72.5 Å². The zero-order valence-electron chi connectivity index (χ0n) is 10.3. The first kappa shape index (κ1) is 18.1. The molecule has 0 saturated carbocycles. The van der Waals surface area contributed by atoms with Crippen LogP contribution in [0, 0.1) is 12.7 Å². The number of aryl methyl sites for hydroxylation is 1. The van der Waals surface area contributed by atoms with Crippen LogP contribution in [-0.4, -0.2) is 18.2 Å². The van der Waals surface area contributed by atoms with Gasteiger partial charge in [-0.3, -0.25) is 5.14 Å². The van der Waals surface area contributed by atoms with Gasteiger partial charge in [0.25, 0.3) is 0 Å². The van der Waals surface area contributed by atoms with E-state index in [1.165, 1.54) is 13.2 Å². The zero-order chi connectivity index (χ0) is 14.0. The lowest BCUT2D eigenvalue weighted by atomic mass is 10.1. The second-order valence-corrected chi connectivity index (χ2v) is 2.61. The molecule has 0 radical (unpaired) electrons. The van der Waals surface area contributed by atoms with Gasteiger partial charge >= 0.3 is 5.97 Å². The van der Waals surface area contributed by atoms with Gasteiger partial charge < -0.3 is 9.84 Å². The Balaban J connectivity index is 0. The number of rotatable bonds is 2. The molecule has 4 nitrogen and oxygen atoms in total. The van der Waals surface area contributed by atoms with E-state index < -0.39 is 11.8 Å². The maximum absolute atomic E-state index is 13.0. The molecule has 0 spiro atoms. The number of hydrogen-bond acceptors (Lipinski definition) is 4. The highest BCUT2D eigenvalue weighted by Crippen LogP contribution is 2.21. The molecular weight excluding hydrogens is 245 g/mol. The first-order valence-electron chi connectivity index (χ1n) is 4.89. The van der Waals surface area contributed by atoms with Gasteiger partial charge in [-0.05, 0) is 24.6 Å². The van der Waals surface area contributed by atoms with E-state index in [1.807, 2.05) is 13.8 Å². The van der Waals surface area contributed by atoms with E-state index in [0.29, 0.717) is 11.3 Å². The molecule has 1 rings (SSSR count). The molecule has 0 saturated heterocycles. The van der Waals surface area contributed by atoms with Crippen LogP contribution in [0.15, 0.2) is 12.1 Å². The van der Waals surface area contributed by atoms with Crippen LogP contribution >= 0.6 is 12.8 Å². The minimum absolute atomic E-state index is 0.373. The van der Waals surface area contributed by atoms with Gasteiger partial charge in [0, 0.05) is 0 Å². The van der Waals surface area contributed by atoms with E-state index in [4.69, 9.17) is 9.84 Å². The zero-order valence-corrected chi connectivity index (χ0v) is 11.2. The molecule has 0 fully saturated rings. The van der Waals surface area contributed by atoms with Crippen LogP contribution in [0.1, 0.15) is 29.8 Å². The Morgan fingerprint density at radius 1 is 1.41 bits per heavy atom.